The highest BCUT2D eigenvalue weighted by atomic mass is 16.5. The SMILES string of the molecule is CNC(=O)c1c(C)oc2cc(Oc3ccnn4cc(C(=O)N5CC[C@](C)(O)C5)c(C)c34)ccc12. The van der Waals surface area contributed by atoms with Crippen molar-refractivity contribution in [1.29, 1.82) is 0 Å². The van der Waals surface area contributed by atoms with E-state index in [9.17, 15) is 14.7 Å². The number of fused-ring (bicyclic) bond motifs is 2. The summed E-state index contributed by atoms with van der Waals surface area (Å²) in [5.74, 6) is 1.25. The molecule has 34 heavy (non-hydrogen) atoms. The number of aryl methyl sites for hydroxylation is 2. The van der Waals surface area contributed by atoms with Crippen LogP contribution in [0.1, 0.15) is 45.4 Å². The van der Waals surface area contributed by atoms with Gasteiger partial charge in [0, 0.05) is 43.9 Å². The van der Waals surface area contributed by atoms with E-state index in [0.717, 1.165) is 5.56 Å². The van der Waals surface area contributed by atoms with Gasteiger partial charge in [-0.15, -0.1) is 0 Å². The Morgan fingerprint density at radius 1 is 1.26 bits per heavy atom. The number of benzene rings is 1. The van der Waals surface area contributed by atoms with Crippen LogP contribution in [-0.4, -0.2) is 57.2 Å². The maximum Gasteiger partial charge on any atom is 0.255 e. The molecule has 0 saturated carbocycles. The highest BCUT2D eigenvalue weighted by Crippen LogP contribution is 2.34. The molecule has 9 nitrogen and oxygen atoms in total. The molecule has 1 aliphatic heterocycles. The fourth-order valence-corrected chi connectivity index (χ4v) is 4.61. The number of carbonyl (C=O) groups is 2. The van der Waals surface area contributed by atoms with Gasteiger partial charge < -0.3 is 24.5 Å². The smallest absolute Gasteiger partial charge is 0.255 e. The lowest BCUT2D eigenvalue weighted by Crippen LogP contribution is -2.34. The third-order valence-electron chi connectivity index (χ3n) is 6.38. The summed E-state index contributed by atoms with van der Waals surface area (Å²) in [6.45, 7) is 6.16. The number of hydrogen-bond donors (Lipinski definition) is 2. The van der Waals surface area contributed by atoms with Gasteiger partial charge >= 0.3 is 0 Å². The minimum absolute atomic E-state index is 0.138. The molecule has 0 radical (unpaired) electrons. The molecule has 1 fully saturated rings. The Bertz CT molecular complexity index is 1450. The van der Waals surface area contributed by atoms with Gasteiger partial charge in [-0.05, 0) is 44.9 Å². The molecular formula is C25H26N4O5. The first-order valence-corrected chi connectivity index (χ1v) is 11.1. The third-order valence-corrected chi connectivity index (χ3v) is 6.38. The Hall–Kier alpha value is -3.85. The topological polar surface area (TPSA) is 109 Å². The van der Waals surface area contributed by atoms with Crippen LogP contribution < -0.4 is 10.1 Å². The maximum atomic E-state index is 13.1. The van der Waals surface area contributed by atoms with E-state index in [1.54, 1.807) is 67.0 Å². The predicted octanol–water partition coefficient (Wildman–Crippen LogP) is 3.45. The molecule has 0 spiro atoms. The van der Waals surface area contributed by atoms with Crippen LogP contribution in [0.15, 0.2) is 41.1 Å². The number of ether oxygens (including phenoxy) is 1. The van der Waals surface area contributed by atoms with Crippen LogP contribution in [0, 0.1) is 13.8 Å². The molecule has 2 amide bonds. The van der Waals surface area contributed by atoms with Gasteiger partial charge in [0.1, 0.15) is 22.6 Å². The standard InChI is InChI=1S/C25H26N4O5/c1-14-18(24(31)28-10-8-25(3,32)13-28)12-29-22(14)19(7-9-27-29)34-16-5-6-17-20(11-16)33-15(2)21(17)23(30)26-4/h5-7,9,11-12,32H,8,10,13H2,1-4H3,(H,26,30)/t25-/m0/s1. The molecule has 1 saturated heterocycles. The normalized spacial score (nSPS) is 18.1. The predicted molar refractivity (Wildman–Crippen MR) is 125 cm³/mol. The van der Waals surface area contributed by atoms with Gasteiger partial charge in [0.05, 0.1) is 22.9 Å². The Kier molecular flexibility index (Phi) is 5.09. The van der Waals surface area contributed by atoms with Gasteiger partial charge in [0.2, 0.25) is 0 Å². The molecule has 5 rings (SSSR count). The number of nitrogens with zero attached hydrogens (tertiary/aromatic N) is 3. The number of amides is 2. The molecule has 1 aliphatic rings. The van der Waals surface area contributed by atoms with Gasteiger partial charge in [-0.3, -0.25) is 9.59 Å². The van der Waals surface area contributed by atoms with Crippen LogP contribution in [0.3, 0.4) is 0 Å². The van der Waals surface area contributed by atoms with E-state index in [1.807, 2.05) is 6.92 Å². The third kappa shape index (κ3) is 3.58. The summed E-state index contributed by atoms with van der Waals surface area (Å²) in [5, 5.41) is 17.9. The second-order valence-electron chi connectivity index (χ2n) is 9.00. The van der Waals surface area contributed by atoms with E-state index in [0.29, 0.717) is 64.4 Å². The van der Waals surface area contributed by atoms with E-state index >= 15 is 0 Å². The van der Waals surface area contributed by atoms with E-state index in [4.69, 9.17) is 9.15 Å². The Balaban J connectivity index is 1.49. The van der Waals surface area contributed by atoms with E-state index in [1.165, 1.54) is 0 Å². The van der Waals surface area contributed by atoms with Crippen molar-refractivity contribution < 1.29 is 23.8 Å². The van der Waals surface area contributed by atoms with Crippen LogP contribution >= 0.6 is 0 Å². The summed E-state index contributed by atoms with van der Waals surface area (Å²) in [6, 6.07) is 7.05. The molecule has 176 valence electrons. The number of nitrogens with one attached hydrogen (secondary N) is 1. The second-order valence-corrected chi connectivity index (χ2v) is 9.00. The first kappa shape index (κ1) is 22.0. The van der Waals surface area contributed by atoms with Crippen molar-refractivity contribution in [2.45, 2.75) is 32.8 Å². The summed E-state index contributed by atoms with van der Waals surface area (Å²) in [7, 11) is 1.58. The van der Waals surface area contributed by atoms with Crippen LogP contribution in [0.5, 0.6) is 11.5 Å². The first-order chi connectivity index (χ1) is 16.2. The lowest BCUT2D eigenvalue weighted by molar-refractivity contribution is 0.0572. The first-order valence-electron chi connectivity index (χ1n) is 11.1. The van der Waals surface area contributed by atoms with Crippen molar-refractivity contribution in [2.24, 2.45) is 0 Å². The summed E-state index contributed by atoms with van der Waals surface area (Å²) in [4.78, 5) is 27.0. The summed E-state index contributed by atoms with van der Waals surface area (Å²) >= 11 is 0. The highest BCUT2D eigenvalue weighted by Gasteiger charge is 2.35. The van der Waals surface area contributed by atoms with Gasteiger partial charge in [-0.1, -0.05) is 0 Å². The van der Waals surface area contributed by atoms with Crippen LogP contribution in [0.4, 0.5) is 0 Å². The number of rotatable bonds is 4. The minimum atomic E-state index is -0.865. The lowest BCUT2D eigenvalue weighted by atomic mass is 10.1. The largest absolute Gasteiger partial charge is 0.460 e. The zero-order valence-electron chi connectivity index (χ0n) is 19.5. The maximum absolute atomic E-state index is 13.1. The number of furan rings is 1. The average Bonchev–Trinajstić information content (AvgIpc) is 3.45. The summed E-state index contributed by atoms with van der Waals surface area (Å²) in [5.41, 5.74) is 2.13. The molecule has 1 atom stereocenters. The lowest BCUT2D eigenvalue weighted by Gasteiger charge is -2.18. The molecule has 4 aromatic rings. The fraction of sp³-hybridized carbons (Fsp3) is 0.320. The molecule has 4 heterocycles. The fourth-order valence-electron chi connectivity index (χ4n) is 4.61. The van der Waals surface area contributed by atoms with E-state index in [-0.39, 0.29) is 11.8 Å². The van der Waals surface area contributed by atoms with Crippen molar-refractivity contribution >= 4 is 28.3 Å². The molecule has 0 unspecified atom stereocenters. The van der Waals surface area contributed by atoms with Gasteiger partial charge in [0.25, 0.3) is 11.8 Å². The Labute approximate surface area is 195 Å². The monoisotopic (exact) mass is 462 g/mol. The van der Waals surface area contributed by atoms with Crippen molar-refractivity contribution in [3.8, 4) is 11.5 Å². The number of aliphatic hydroxyl groups is 1. The Morgan fingerprint density at radius 2 is 2.06 bits per heavy atom. The van der Waals surface area contributed by atoms with Crippen LogP contribution in [0.25, 0.3) is 16.5 Å². The van der Waals surface area contributed by atoms with Crippen molar-refractivity contribution in [1.82, 2.24) is 19.8 Å². The van der Waals surface area contributed by atoms with Crippen LogP contribution in [-0.2, 0) is 0 Å². The zero-order valence-corrected chi connectivity index (χ0v) is 19.5. The van der Waals surface area contributed by atoms with Crippen molar-refractivity contribution in [3.63, 3.8) is 0 Å². The van der Waals surface area contributed by atoms with Gasteiger partial charge in [-0.25, -0.2) is 4.52 Å². The van der Waals surface area contributed by atoms with Crippen molar-refractivity contribution in [2.75, 3.05) is 20.1 Å². The number of hydrogen-bond acceptors (Lipinski definition) is 6. The van der Waals surface area contributed by atoms with Gasteiger partial charge in [-0.2, -0.15) is 5.10 Å². The van der Waals surface area contributed by atoms with Gasteiger partial charge in [0.15, 0.2) is 5.75 Å². The Morgan fingerprint density at radius 3 is 2.76 bits per heavy atom. The summed E-state index contributed by atoms with van der Waals surface area (Å²) in [6.07, 6.45) is 3.85. The molecule has 1 aromatic carbocycles. The molecule has 2 N–H and O–H groups in total. The number of aromatic nitrogens is 2. The number of likely N-dealkylation sites (tertiary alicyclic amines) is 1. The molecule has 0 bridgehead atoms. The van der Waals surface area contributed by atoms with E-state index in [2.05, 4.69) is 10.4 Å². The van der Waals surface area contributed by atoms with E-state index < -0.39 is 5.60 Å². The molecule has 0 aliphatic carbocycles. The summed E-state index contributed by atoms with van der Waals surface area (Å²) < 4.78 is 13.6. The quantitative estimate of drug-likeness (QED) is 0.481. The number of β-amino-alcohol motifs (C(OH)–C–C–N with tert-alkyl or cyclic N) is 1. The zero-order chi connectivity index (χ0) is 24.2. The van der Waals surface area contributed by atoms with Crippen LogP contribution in [0.2, 0.25) is 0 Å². The number of carbonyl (C=O) groups excluding carboxylic acids is 2. The average molecular weight is 463 g/mol. The molecular weight excluding hydrogens is 436 g/mol. The van der Waals surface area contributed by atoms with Crippen molar-refractivity contribution in [3.05, 3.63) is 59.1 Å². The minimum Gasteiger partial charge on any atom is -0.460 e. The molecule has 3 aromatic heterocycles. The second kappa shape index (κ2) is 7.88. The highest BCUT2D eigenvalue weighted by molar-refractivity contribution is 6.07. The molecule has 9 heteroatoms.